The van der Waals surface area contributed by atoms with Crippen molar-refractivity contribution >= 4 is 0 Å². The van der Waals surface area contributed by atoms with Gasteiger partial charge in [0.25, 0.3) is 0 Å². The molecule has 0 N–H and O–H groups in total. The zero-order valence-corrected chi connectivity index (χ0v) is 9.36. The summed E-state index contributed by atoms with van der Waals surface area (Å²) in [6, 6.07) is 0. The van der Waals surface area contributed by atoms with Crippen LogP contribution in [0.2, 0.25) is 0 Å². The van der Waals surface area contributed by atoms with Crippen LogP contribution in [0.15, 0.2) is 0 Å². The normalized spacial score (nSPS) is 29.6. The molecule has 0 aliphatic heterocycles. The fourth-order valence-corrected chi connectivity index (χ4v) is 3.26. The van der Waals surface area contributed by atoms with Crippen LogP contribution in [0.3, 0.4) is 0 Å². The molecule has 14 heavy (non-hydrogen) atoms. The van der Waals surface area contributed by atoms with E-state index in [0.29, 0.717) is 5.41 Å². The molecule has 0 aromatic heterocycles. The number of rotatable bonds is 0. The summed E-state index contributed by atoms with van der Waals surface area (Å²) in [6.45, 7) is 4.89. The van der Waals surface area contributed by atoms with Gasteiger partial charge in [0.1, 0.15) is 0 Å². The Kier molecular flexibility index (Phi) is 3.66. The first-order valence-electron chi connectivity index (χ1n) is 6.12. The Balaban J connectivity index is 0.000000980. The minimum absolute atomic E-state index is 0. The summed E-state index contributed by atoms with van der Waals surface area (Å²) < 4.78 is 0. The maximum absolute atomic E-state index is 2.45. The lowest BCUT2D eigenvalue weighted by molar-refractivity contribution is 0.0642. The molecule has 2 fully saturated rings. The predicted octanol–water partition coefficient (Wildman–Crippen LogP) is 5.17. The first-order valence-corrected chi connectivity index (χ1v) is 6.12. The summed E-state index contributed by atoms with van der Waals surface area (Å²) in [6.07, 6.45) is 13.6. The molecule has 0 amide bonds. The molecule has 2 aliphatic rings. The second kappa shape index (κ2) is 4.24. The summed E-state index contributed by atoms with van der Waals surface area (Å²) in [5.74, 6) is 0. The zero-order chi connectivity index (χ0) is 9.36. The van der Waals surface area contributed by atoms with E-state index < -0.39 is 0 Å². The average Bonchev–Trinajstić information content (AvgIpc) is 2.13. The minimum Gasteiger partial charge on any atom is -0.0776 e. The van der Waals surface area contributed by atoms with E-state index in [1.807, 2.05) is 0 Å². The molecular formula is C14H28. The topological polar surface area (TPSA) is 0 Å². The van der Waals surface area contributed by atoms with E-state index in [0.717, 1.165) is 5.41 Å². The Bertz CT molecular complexity index is 160. The van der Waals surface area contributed by atoms with Gasteiger partial charge in [-0.15, -0.1) is 0 Å². The highest BCUT2D eigenvalue weighted by Crippen LogP contribution is 2.52. The molecule has 2 aliphatic carbocycles. The maximum atomic E-state index is 2.45. The summed E-state index contributed by atoms with van der Waals surface area (Å²) in [4.78, 5) is 0. The van der Waals surface area contributed by atoms with E-state index in [9.17, 15) is 0 Å². The van der Waals surface area contributed by atoms with Crippen molar-refractivity contribution in [3.05, 3.63) is 0 Å². The summed E-state index contributed by atoms with van der Waals surface area (Å²) in [5.41, 5.74) is 1.47. The highest BCUT2D eigenvalue weighted by Gasteiger charge is 2.38. The van der Waals surface area contributed by atoms with E-state index >= 15 is 0 Å². The van der Waals surface area contributed by atoms with Crippen molar-refractivity contribution in [1.82, 2.24) is 0 Å². The Morgan fingerprint density at radius 3 is 1.64 bits per heavy atom. The van der Waals surface area contributed by atoms with Gasteiger partial charge in [-0.25, -0.2) is 0 Å². The SMILES string of the molecule is C.CC1(C)CCC2(CCCCC2)CC1. The average molecular weight is 196 g/mol. The summed E-state index contributed by atoms with van der Waals surface area (Å²) in [5, 5.41) is 0. The lowest BCUT2D eigenvalue weighted by atomic mass is 9.60. The maximum Gasteiger partial charge on any atom is -0.0297 e. The molecule has 0 aromatic carbocycles. The smallest absolute Gasteiger partial charge is 0.0297 e. The molecule has 0 atom stereocenters. The Morgan fingerprint density at radius 1 is 0.643 bits per heavy atom. The molecule has 0 saturated heterocycles. The van der Waals surface area contributed by atoms with Gasteiger partial charge >= 0.3 is 0 Å². The van der Waals surface area contributed by atoms with Crippen molar-refractivity contribution in [3.63, 3.8) is 0 Å². The third-order valence-electron chi connectivity index (χ3n) is 4.58. The number of hydrogen-bond donors (Lipinski definition) is 0. The van der Waals surface area contributed by atoms with Gasteiger partial charge in [0.2, 0.25) is 0 Å². The van der Waals surface area contributed by atoms with Gasteiger partial charge in [0.15, 0.2) is 0 Å². The van der Waals surface area contributed by atoms with Crippen LogP contribution in [0.5, 0.6) is 0 Å². The summed E-state index contributed by atoms with van der Waals surface area (Å²) in [7, 11) is 0. The van der Waals surface area contributed by atoms with Crippen LogP contribution in [0.25, 0.3) is 0 Å². The monoisotopic (exact) mass is 196 g/mol. The van der Waals surface area contributed by atoms with Crippen molar-refractivity contribution in [3.8, 4) is 0 Å². The Labute approximate surface area is 90.5 Å². The number of hydrogen-bond acceptors (Lipinski definition) is 0. The molecule has 0 unspecified atom stereocenters. The van der Waals surface area contributed by atoms with Gasteiger partial charge in [0, 0.05) is 0 Å². The first-order chi connectivity index (χ1) is 6.12. The van der Waals surface area contributed by atoms with Gasteiger partial charge in [-0.05, 0) is 49.4 Å². The van der Waals surface area contributed by atoms with Crippen molar-refractivity contribution < 1.29 is 0 Å². The standard InChI is InChI=1S/C13H24.CH4/c1-12(2)8-10-13(11-9-12)6-4-3-5-7-13;/h3-11H2,1-2H3;1H4. The molecule has 0 radical (unpaired) electrons. The highest BCUT2D eigenvalue weighted by atomic mass is 14.4. The largest absolute Gasteiger partial charge is 0.0776 e. The van der Waals surface area contributed by atoms with Crippen LogP contribution in [0, 0.1) is 10.8 Å². The van der Waals surface area contributed by atoms with Crippen LogP contribution in [-0.2, 0) is 0 Å². The molecule has 2 rings (SSSR count). The second-order valence-electron chi connectivity index (χ2n) is 6.22. The Morgan fingerprint density at radius 2 is 1.14 bits per heavy atom. The van der Waals surface area contributed by atoms with Crippen LogP contribution in [0.4, 0.5) is 0 Å². The Hall–Kier alpha value is 0. The summed E-state index contributed by atoms with van der Waals surface area (Å²) >= 11 is 0. The highest BCUT2D eigenvalue weighted by molar-refractivity contribution is 4.90. The van der Waals surface area contributed by atoms with Crippen molar-refractivity contribution in [2.45, 2.75) is 79.1 Å². The van der Waals surface area contributed by atoms with Crippen LogP contribution in [-0.4, -0.2) is 0 Å². The van der Waals surface area contributed by atoms with E-state index in [2.05, 4.69) is 13.8 Å². The van der Waals surface area contributed by atoms with Crippen molar-refractivity contribution in [1.29, 1.82) is 0 Å². The molecular weight excluding hydrogens is 168 g/mol. The third-order valence-corrected chi connectivity index (χ3v) is 4.58. The fraction of sp³-hybridized carbons (Fsp3) is 1.00. The van der Waals surface area contributed by atoms with Crippen molar-refractivity contribution in [2.75, 3.05) is 0 Å². The quantitative estimate of drug-likeness (QED) is 0.501. The molecule has 0 heterocycles. The van der Waals surface area contributed by atoms with E-state index in [-0.39, 0.29) is 7.43 Å². The molecule has 84 valence electrons. The zero-order valence-electron chi connectivity index (χ0n) is 9.36. The van der Waals surface area contributed by atoms with Gasteiger partial charge in [-0.3, -0.25) is 0 Å². The van der Waals surface area contributed by atoms with Gasteiger partial charge in [-0.2, -0.15) is 0 Å². The molecule has 0 bridgehead atoms. The van der Waals surface area contributed by atoms with Crippen LogP contribution < -0.4 is 0 Å². The van der Waals surface area contributed by atoms with E-state index in [1.165, 1.54) is 44.9 Å². The molecule has 0 heteroatoms. The van der Waals surface area contributed by atoms with Gasteiger partial charge in [0.05, 0.1) is 0 Å². The fourth-order valence-electron chi connectivity index (χ4n) is 3.26. The molecule has 0 nitrogen and oxygen atoms in total. The molecule has 2 saturated carbocycles. The predicted molar refractivity (Wildman–Crippen MR) is 64.5 cm³/mol. The van der Waals surface area contributed by atoms with Gasteiger partial charge in [-0.1, -0.05) is 40.5 Å². The van der Waals surface area contributed by atoms with Crippen molar-refractivity contribution in [2.24, 2.45) is 10.8 Å². The van der Waals surface area contributed by atoms with Crippen LogP contribution >= 0.6 is 0 Å². The lowest BCUT2D eigenvalue weighted by Gasteiger charge is -2.46. The molecule has 1 spiro atoms. The second-order valence-corrected chi connectivity index (χ2v) is 6.22. The van der Waals surface area contributed by atoms with E-state index in [1.54, 1.807) is 12.8 Å². The first kappa shape index (κ1) is 12.1. The molecule has 0 aromatic rings. The third kappa shape index (κ3) is 2.52. The van der Waals surface area contributed by atoms with Crippen LogP contribution in [0.1, 0.15) is 79.1 Å². The lowest BCUT2D eigenvalue weighted by Crippen LogP contribution is -2.32. The van der Waals surface area contributed by atoms with Gasteiger partial charge < -0.3 is 0 Å². The minimum atomic E-state index is 0. The van der Waals surface area contributed by atoms with E-state index in [4.69, 9.17) is 0 Å².